The van der Waals surface area contributed by atoms with Gasteiger partial charge in [-0.2, -0.15) is 0 Å². The van der Waals surface area contributed by atoms with Gasteiger partial charge in [-0.3, -0.25) is 4.79 Å². The number of benzene rings is 2. The maximum Gasteiger partial charge on any atom is 0.254 e. The van der Waals surface area contributed by atoms with Gasteiger partial charge in [0, 0.05) is 29.8 Å². The number of nitrogens with zero attached hydrogens (tertiary/aromatic N) is 1. The molecule has 2 aromatic carbocycles. The number of amides is 1. The van der Waals surface area contributed by atoms with Crippen molar-refractivity contribution in [3.05, 3.63) is 53.1 Å². The van der Waals surface area contributed by atoms with E-state index in [0.29, 0.717) is 23.6 Å². The van der Waals surface area contributed by atoms with Gasteiger partial charge in [-0.25, -0.2) is 13.1 Å². The van der Waals surface area contributed by atoms with Crippen LogP contribution in [-0.2, 0) is 10.0 Å². The number of likely N-dealkylation sites (tertiary alicyclic amines) is 1. The monoisotopic (exact) mass is 444 g/mol. The molecule has 2 aliphatic rings. The molecule has 0 radical (unpaired) electrons. The van der Waals surface area contributed by atoms with Crippen molar-refractivity contribution in [3.8, 4) is 11.5 Å². The van der Waals surface area contributed by atoms with E-state index in [2.05, 4.69) is 4.72 Å². The number of ether oxygens (including phenoxy) is 2. The third-order valence-electron chi connectivity index (χ3n) is 5.96. The first-order valence-corrected chi connectivity index (χ1v) is 12.0. The maximum absolute atomic E-state index is 13.5. The number of sulfonamides is 1. The molecular formula is C23H28N2O5S. The normalized spacial score (nSPS) is 18.8. The highest BCUT2D eigenvalue weighted by Crippen LogP contribution is 2.39. The number of hydrogen-bond acceptors (Lipinski definition) is 5. The number of aryl methyl sites for hydroxylation is 1. The minimum Gasteiger partial charge on any atom is -0.497 e. The van der Waals surface area contributed by atoms with Crippen molar-refractivity contribution in [2.24, 2.45) is 0 Å². The van der Waals surface area contributed by atoms with Gasteiger partial charge < -0.3 is 14.4 Å². The Bertz CT molecular complexity index is 1100. The summed E-state index contributed by atoms with van der Waals surface area (Å²) >= 11 is 0. The first kappa shape index (κ1) is 21.6. The predicted octanol–water partition coefficient (Wildman–Crippen LogP) is 3.43. The molecule has 8 heteroatoms. The zero-order valence-electron chi connectivity index (χ0n) is 18.1. The second kappa shape index (κ2) is 8.51. The zero-order chi connectivity index (χ0) is 22.2. The van der Waals surface area contributed by atoms with Gasteiger partial charge in [0.05, 0.1) is 25.2 Å². The van der Waals surface area contributed by atoms with Crippen LogP contribution in [0.15, 0.2) is 41.3 Å². The van der Waals surface area contributed by atoms with Crippen LogP contribution in [0, 0.1) is 6.92 Å². The van der Waals surface area contributed by atoms with Crippen LogP contribution < -0.4 is 14.2 Å². The lowest BCUT2D eigenvalue weighted by Gasteiger charge is -2.27. The first-order chi connectivity index (χ1) is 14.8. The molecule has 166 valence electrons. The van der Waals surface area contributed by atoms with Crippen LogP contribution in [-0.4, -0.2) is 46.0 Å². The summed E-state index contributed by atoms with van der Waals surface area (Å²) < 4.78 is 38.8. The molecule has 2 aromatic rings. The zero-order valence-corrected chi connectivity index (χ0v) is 18.9. The Hall–Kier alpha value is -2.58. The summed E-state index contributed by atoms with van der Waals surface area (Å²) in [4.78, 5) is 15.5. The summed E-state index contributed by atoms with van der Waals surface area (Å²) in [6.07, 6.45) is 3.40. The third kappa shape index (κ3) is 4.41. The highest BCUT2D eigenvalue weighted by Gasteiger charge is 2.34. The fraction of sp³-hybridized carbons (Fsp3) is 0.435. The Morgan fingerprint density at radius 2 is 1.84 bits per heavy atom. The molecule has 1 heterocycles. The summed E-state index contributed by atoms with van der Waals surface area (Å²) in [6, 6.07) is 10.2. The number of nitrogens with one attached hydrogen (secondary N) is 1. The molecule has 1 aliphatic carbocycles. The molecule has 1 aliphatic heterocycles. The predicted molar refractivity (Wildman–Crippen MR) is 117 cm³/mol. The van der Waals surface area contributed by atoms with E-state index in [1.807, 2.05) is 30.0 Å². The van der Waals surface area contributed by atoms with Crippen LogP contribution in [0.2, 0.25) is 0 Å². The Balaban J connectivity index is 1.65. The van der Waals surface area contributed by atoms with E-state index in [1.54, 1.807) is 26.4 Å². The highest BCUT2D eigenvalue weighted by molar-refractivity contribution is 7.89. The van der Waals surface area contributed by atoms with Gasteiger partial charge in [0.15, 0.2) is 0 Å². The maximum atomic E-state index is 13.5. The minimum atomic E-state index is -3.63. The van der Waals surface area contributed by atoms with E-state index in [1.165, 1.54) is 6.07 Å². The molecule has 1 atom stereocenters. The Morgan fingerprint density at radius 1 is 1.06 bits per heavy atom. The van der Waals surface area contributed by atoms with Crippen LogP contribution >= 0.6 is 0 Å². The van der Waals surface area contributed by atoms with Crippen LogP contribution in [0.5, 0.6) is 11.5 Å². The van der Waals surface area contributed by atoms with Crippen LogP contribution in [0.1, 0.15) is 53.2 Å². The molecule has 4 rings (SSSR count). The quantitative estimate of drug-likeness (QED) is 0.707. The molecule has 1 N–H and O–H groups in total. The van der Waals surface area contributed by atoms with Crippen molar-refractivity contribution < 1.29 is 22.7 Å². The summed E-state index contributed by atoms with van der Waals surface area (Å²) in [6.45, 7) is 2.44. The van der Waals surface area contributed by atoms with Crippen LogP contribution in [0.25, 0.3) is 0 Å². The van der Waals surface area contributed by atoms with Crippen molar-refractivity contribution in [1.82, 2.24) is 9.62 Å². The van der Waals surface area contributed by atoms with Crippen molar-refractivity contribution in [2.45, 2.75) is 49.6 Å². The van der Waals surface area contributed by atoms with Crippen molar-refractivity contribution >= 4 is 15.9 Å². The molecule has 1 saturated heterocycles. The first-order valence-electron chi connectivity index (χ1n) is 10.5. The lowest BCUT2D eigenvalue weighted by atomic mass is 10.0. The van der Waals surface area contributed by atoms with Gasteiger partial charge in [-0.1, -0.05) is 6.07 Å². The fourth-order valence-electron chi connectivity index (χ4n) is 4.07. The standard InChI is InChI=1S/C23H28N2O5S/c1-15-6-10-18(31(27,28)24-16-7-8-16)14-20(15)23(26)25-12-4-5-21(25)19-11-9-17(29-2)13-22(19)30-3/h6,9-11,13-14,16,21,24H,4-5,7-8,12H2,1-3H3/t21-/m0/s1. The second-order valence-electron chi connectivity index (χ2n) is 8.14. The number of carbonyl (C=O) groups is 1. The van der Waals surface area contributed by atoms with E-state index >= 15 is 0 Å². The molecule has 0 aromatic heterocycles. The topological polar surface area (TPSA) is 84.9 Å². The number of methoxy groups -OCH3 is 2. The average Bonchev–Trinajstić information content (AvgIpc) is 3.43. The number of rotatable bonds is 7. The molecule has 0 spiro atoms. The van der Waals surface area contributed by atoms with Crippen LogP contribution in [0.3, 0.4) is 0 Å². The van der Waals surface area contributed by atoms with Gasteiger partial charge in [0.25, 0.3) is 5.91 Å². The van der Waals surface area contributed by atoms with E-state index in [9.17, 15) is 13.2 Å². The highest BCUT2D eigenvalue weighted by atomic mass is 32.2. The average molecular weight is 445 g/mol. The Morgan fingerprint density at radius 3 is 2.52 bits per heavy atom. The van der Waals surface area contributed by atoms with Gasteiger partial charge in [-0.05, 0) is 62.4 Å². The van der Waals surface area contributed by atoms with Gasteiger partial charge in [-0.15, -0.1) is 0 Å². The molecule has 0 unspecified atom stereocenters. The van der Waals surface area contributed by atoms with E-state index in [0.717, 1.165) is 36.8 Å². The summed E-state index contributed by atoms with van der Waals surface area (Å²) in [7, 11) is -0.431. The van der Waals surface area contributed by atoms with Crippen molar-refractivity contribution in [2.75, 3.05) is 20.8 Å². The molecule has 2 fully saturated rings. The number of carbonyl (C=O) groups excluding carboxylic acids is 1. The molecule has 7 nitrogen and oxygen atoms in total. The van der Waals surface area contributed by atoms with Gasteiger partial charge in [0.2, 0.25) is 10.0 Å². The SMILES string of the molecule is COc1ccc([C@@H]2CCCN2C(=O)c2cc(S(=O)(=O)NC3CC3)ccc2C)c(OC)c1. The third-order valence-corrected chi connectivity index (χ3v) is 7.48. The second-order valence-corrected chi connectivity index (χ2v) is 9.85. The lowest BCUT2D eigenvalue weighted by molar-refractivity contribution is 0.0733. The fourth-order valence-corrected chi connectivity index (χ4v) is 5.40. The summed E-state index contributed by atoms with van der Waals surface area (Å²) in [5.41, 5.74) is 2.09. The van der Waals surface area contributed by atoms with Gasteiger partial charge in [0.1, 0.15) is 11.5 Å². The van der Waals surface area contributed by atoms with Crippen molar-refractivity contribution in [1.29, 1.82) is 0 Å². The minimum absolute atomic E-state index is 0.0101. The Labute approximate surface area is 183 Å². The molecular weight excluding hydrogens is 416 g/mol. The smallest absolute Gasteiger partial charge is 0.254 e. The number of hydrogen-bond donors (Lipinski definition) is 1. The molecule has 0 bridgehead atoms. The summed E-state index contributed by atoms with van der Waals surface area (Å²) in [5, 5.41) is 0. The summed E-state index contributed by atoms with van der Waals surface area (Å²) in [5.74, 6) is 1.19. The van der Waals surface area contributed by atoms with E-state index in [4.69, 9.17) is 9.47 Å². The molecule has 1 saturated carbocycles. The van der Waals surface area contributed by atoms with Crippen molar-refractivity contribution in [3.63, 3.8) is 0 Å². The molecule has 31 heavy (non-hydrogen) atoms. The van der Waals surface area contributed by atoms with Crippen LogP contribution in [0.4, 0.5) is 0 Å². The largest absolute Gasteiger partial charge is 0.497 e. The van der Waals surface area contributed by atoms with E-state index < -0.39 is 10.0 Å². The Kier molecular flexibility index (Phi) is 5.94. The lowest BCUT2D eigenvalue weighted by Crippen LogP contribution is -2.32. The molecule has 1 amide bonds. The van der Waals surface area contributed by atoms with Gasteiger partial charge >= 0.3 is 0 Å². The van der Waals surface area contributed by atoms with E-state index in [-0.39, 0.29) is 22.9 Å².